The van der Waals surface area contributed by atoms with Gasteiger partial charge in [-0.1, -0.05) is 34.1 Å². The van der Waals surface area contributed by atoms with Crippen LogP contribution in [0.3, 0.4) is 0 Å². The summed E-state index contributed by atoms with van der Waals surface area (Å²) in [6.07, 6.45) is 1.70. The lowest BCUT2D eigenvalue weighted by atomic mass is 10.2. The Kier molecular flexibility index (Phi) is 5.88. The van der Waals surface area contributed by atoms with Crippen molar-refractivity contribution in [2.24, 2.45) is 10.4 Å². The molecule has 0 fully saturated rings. The smallest absolute Gasteiger partial charge is 0.266 e. The second-order valence-electron chi connectivity index (χ2n) is 7.00. The molecule has 162 valence electrons. The van der Waals surface area contributed by atoms with Gasteiger partial charge in [-0.2, -0.15) is 0 Å². The van der Waals surface area contributed by atoms with Crippen molar-refractivity contribution in [3.8, 4) is 11.4 Å². The molecule has 0 saturated carbocycles. The predicted molar refractivity (Wildman–Crippen MR) is 137 cm³/mol. The predicted octanol–water partition coefficient (Wildman–Crippen LogP) is 7.20. The Labute approximate surface area is 209 Å². The van der Waals surface area contributed by atoms with E-state index in [1.54, 1.807) is 42.6 Å². The molecule has 33 heavy (non-hydrogen) atoms. The van der Waals surface area contributed by atoms with Crippen LogP contribution in [0, 0.1) is 4.77 Å². The summed E-state index contributed by atoms with van der Waals surface area (Å²) in [6.45, 7) is 0. The topological polar surface area (TPSA) is 84.6 Å². The molecule has 0 atom stereocenters. The van der Waals surface area contributed by atoms with Crippen LogP contribution in [0.25, 0.3) is 27.5 Å². The lowest BCUT2D eigenvalue weighted by Gasteiger charge is -2.09. The van der Waals surface area contributed by atoms with Gasteiger partial charge in [0.25, 0.3) is 5.56 Å². The SMILES string of the molecule is O=c1c2cc(Br)cc(Br)c2[nH]c(=S)n1-c1ccc(N=NOc2cccc3cccnc23)cc1. The van der Waals surface area contributed by atoms with Crippen molar-refractivity contribution in [2.75, 3.05) is 0 Å². The number of nitrogens with zero attached hydrogens (tertiary/aromatic N) is 4. The Morgan fingerprint density at radius 3 is 2.64 bits per heavy atom. The Hall–Kier alpha value is -3.21. The summed E-state index contributed by atoms with van der Waals surface area (Å²) < 4.78 is 3.26. The van der Waals surface area contributed by atoms with Crippen LogP contribution >= 0.6 is 44.1 Å². The maximum atomic E-state index is 13.1. The summed E-state index contributed by atoms with van der Waals surface area (Å²) in [5.41, 5.74) is 2.29. The third-order valence-corrected chi connectivity index (χ3v) is 6.29. The number of para-hydroxylation sites is 1. The Bertz CT molecular complexity index is 1660. The largest absolute Gasteiger partial charge is 0.337 e. The van der Waals surface area contributed by atoms with E-state index >= 15 is 0 Å². The molecule has 0 saturated heterocycles. The quantitative estimate of drug-likeness (QED) is 0.138. The second kappa shape index (κ2) is 8.97. The van der Waals surface area contributed by atoms with Gasteiger partial charge < -0.3 is 9.82 Å². The number of benzene rings is 3. The van der Waals surface area contributed by atoms with Gasteiger partial charge in [0.1, 0.15) is 5.52 Å². The number of aromatic nitrogens is 3. The van der Waals surface area contributed by atoms with Crippen molar-refractivity contribution in [3.05, 3.63) is 97.0 Å². The Balaban J connectivity index is 1.44. The minimum Gasteiger partial charge on any atom is -0.337 e. The molecule has 5 rings (SSSR count). The number of hydrogen-bond donors (Lipinski definition) is 1. The molecule has 0 spiro atoms. The fourth-order valence-electron chi connectivity index (χ4n) is 3.41. The first-order valence-corrected chi connectivity index (χ1v) is 11.7. The normalized spacial score (nSPS) is 11.5. The average molecular weight is 583 g/mol. The maximum absolute atomic E-state index is 13.1. The molecule has 1 N–H and O–H groups in total. The molecule has 0 radical (unpaired) electrons. The second-order valence-corrected chi connectivity index (χ2v) is 9.16. The summed E-state index contributed by atoms with van der Waals surface area (Å²) in [5.74, 6) is 0.514. The summed E-state index contributed by atoms with van der Waals surface area (Å²) >= 11 is 12.3. The van der Waals surface area contributed by atoms with Crippen LogP contribution in [-0.4, -0.2) is 14.5 Å². The van der Waals surface area contributed by atoms with E-state index in [2.05, 4.69) is 52.2 Å². The molecule has 0 amide bonds. The summed E-state index contributed by atoms with van der Waals surface area (Å²) in [4.78, 5) is 26.0. The molecule has 0 aliphatic rings. The first-order chi connectivity index (χ1) is 16.0. The molecule has 0 aliphatic heterocycles. The van der Waals surface area contributed by atoms with Crippen LogP contribution in [0.5, 0.6) is 5.75 Å². The fraction of sp³-hybridized carbons (Fsp3) is 0. The van der Waals surface area contributed by atoms with Gasteiger partial charge in [0, 0.05) is 25.8 Å². The fourth-order valence-corrected chi connectivity index (χ4v) is 5.02. The van der Waals surface area contributed by atoms with Crippen molar-refractivity contribution >= 4 is 71.6 Å². The Morgan fingerprint density at radius 2 is 1.82 bits per heavy atom. The minimum atomic E-state index is -0.225. The van der Waals surface area contributed by atoms with E-state index < -0.39 is 0 Å². The highest BCUT2D eigenvalue weighted by atomic mass is 79.9. The third kappa shape index (κ3) is 4.24. The van der Waals surface area contributed by atoms with Crippen molar-refractivity contribution in [1.82, 2.24) is 14.5 Å². The van der Waals surface area contributed by atoms with Crippen LogP contribution in [0.15, 0.2) is 97.1 Å². The molecule has 7 nitrogen and oxygen atoms in total. The third-order valence-electron chi connectivity index (χ3n) is 4.92. The lowest BCUT2D eigenvalue weighted by molar-refractivity contribution is 0.316. The van der Waals surface area contributed by atoms with Crippen LogP contribution in [-0.2, 0) is 0 Å². The van der Waals surface area contributed by atoms with Gasteiger partial charge in [-0.3, -0.25) is 14.3 Å². The van der Waals surface area contributed by atoms with Crippen molar-refractivity contribution in [3.63, 3.8) is 0 Å². The van der Waals surface area contributed by atoms with Gasteiger partial charge in [0.2, 0.25) is 0 Å². The molecule has 2 heterocycles. The minimum absolute atomic E-state index is 0.225. The highest BCUT2D eigenvalue weighted by molar-refractivity contribution is 9.11. The van der Waals surface area contributed by atoms with E-state index in [4.69, 9.17) is 17.1 Å². The molecular formula is C23H13Br2N5O2S. The number of hydrogen-bond acceptors (Lipinski definition) is 6. The zero-order valence-electron chi connectivity index (χ0n) is 16.7. The van der Waals surface area contributed by atoms with Crippen LogP contribution in [0.4, 0.5) is 5.69 Å². The van der Waals surface area contributed by atoms with Gasteiger partial charge in [-0.25, -0.2) is 0 Å². The summed E-state index contributed by atoms with van der Waals surface area (Å²) in [7, 11) is 0. The molecule has 3 aromatic carbocycles. The van der Waals surface area contributed by atoms with Crippen LogP contribution in [0.1, 0.15) is 0 Å². The van der Waals surface area contributed by atoms with E-state index in [0.717, 1.165) is 14.3 Å². The molecule has 0 aliphatic carbocycles. The van der Waals surface area contributed by atoms with E-state index in [0.29, 0.717) is 33.5 Å². The maximum Gasteiger partial charge on any atom is 0.266 e. The monoisotopic (exact) mass is 581 g/mol. The first-order valence-electron chi connectivity index (χ1n) is 9.67. The van der Waals surface area contributed by atoms with Crippen molar-refractivity contribution in [1.29, 1.82) is 0 Å². The number of fused-ring (bicyclic) bond motifs is 2. The van der Waals surface area contributed by atoms with E-state index in [1.165, 1.54) is 4.57 Å². The number of nitrogens with one attached hydrogen (secondary N) is 1. The molecular weight excluding hydrogens is 570 g/mol. The van der Waals surface area contributed by atoms with Crippen LogP contribution in [0.2, 0.25) is 0 Å². The molecule has 0 bridgehead atoms. The van der Waals surface area contributed by atoms with Gasteiger partial charge in [-0.05, 0) is 76.7 Å². The summed E-state index contributed by atoms with van der Waals surface area (Å²) in [5, 5.41) is 9.40. The van der Waals surface area contributed by atoms with E-state index in [9.17, 15) is 4.79 Å². The van der Waals surface area contributed by atoms with Crippen molar-refractivity contribution < 1.29 is 4.84 Å². The first kappa shape index (κ1) is 21.6. The number of pyridine rings is 1. The van der Waals surface area contributed by atoms with Gasteiger partial charge in [-0.15, -0.1) is 5.11 Å². The average Bonchev–Trinajstić information content (AvgIpc) is 2.81. The van der Waals surface area contributed by atoms with Gasteiger partial charge in [0.15, 0.2) is 10.5 Å². The molecule has 0 unspecified atom stereocenters. The van der Waals surface area contributed by atoms with Crippen molar-refractivity contribution in [2.45, 2.75) is 0 Å². The Morgan fingerprint density at radius 1 is 1.03 bits per heavy atom. The molecule has 5 aromatic rings. The molecule has 10 heteroatoms. The standard InChI is InChI=1S/C23H13Br2N5O2S/c24-14-11-17-21(18(25)12-14)27-23(33)30(22(17)31)16-8-6-15(7-9-16)28-29-32-19-5-1-3-13-4-2-10-26-20(13)19/h1-12H,(H,27,33). The van der Waals surface area contributed by atoms with Gasteiger partial charge >= 0.3 is 0 Å². The number of rotatable bonds is 4. The van der Waals surface area contributed by atoms with Gasteiger partial charge in [0.05, 0.1) is 22.3 Å². The zero-order valence-corrected chi connectivity index (χ0v) is 20.7. The number of aromatic amines is 1. The number of H-pyrrole nitrogens is 1. The lowest BCUT2D eigenvalue weighted by Crippen LogP contribution is -2.20. The summed E-state index contributed by atoms with van der Waals surface area (Å²) in [6, 6.07) is 20.0. The zero-order chi connectivity index (χ0) is 22.9. The number of halogens is 2. The van der Waals surface area contributed by atoms with E-state index in [-0.39, 0.29) is 10.3 Å². The highest BCUT2D eigenvalue weighted by Crippen LogP contribution is 2.26. The molecule has 2 aromatic heterocycles. The van der Waals surface area contributed by atoms with Crippen LogP contribution < -0.4 is 10.4 Å². The highest BCUT2D eigenvalue weighted by Gasteiger charge is 2.11. The van der Waals surface area contributed by atoms with E-state index in [1.807, 2.05) is 30.3 Å².